The highest BCUT2D eigenvalue weighted by Gasteiger charge is 2.32. The van der Waals surface area contributed by atoms with Gasteiger partial charge >= 0.3 is 6.18 Å². The standard InChI is InChI=1S/C10H11BrF3NO2S/c1-2-3-15-18(16,17)9-5-7(10(12,13)14)4-8(11)6-9/h4-6,15H,2-3H2,1H3. The van der Waals surface area contributed by atoms with Gasteiger partial charge in [0, 0.05) is 11.0 Å². The predicted molar refractivity (Wildman–Crippen MR) is 64.6 cm³/mol. The SMILES string of the molecule is CCCNS(=O)(=O)c1cc(Br)cc(C(F)(F)F)c1. The van der Waals surface area contributed by atoms with E-state index in [0.29, 0.717) is 12.5 Å². The van der Waals surface area contributed by atoms with Crippen molar-refractivity contribution in [2.45, 2.75) is 24.4 Å². The van der Waals surface area contributed by atoms with Crippen LogP contribution in [0.4, 0.5) is 13.2 Å². The van der Waals surface area contributed by atoms with Crippen molar-refractivity contribution in [2.75, 3.05) is 6.54 Å². The number of hydrogen-bond acceptors (Lipinski definition) is 2. The molecule has 0 aliphatic heterocycles. The zero-order chi connectivity index (χ0) is 14.0. The van der Waals surface area contributed by atoms with Gasteiger partial charge in [0.25, 0.3) is 0 Å². The molecule has 102 valence electrons. The van der Waals surface area contributed by atoms with Crippen LogP contribution in [0.1, 0.15) is 18.9 Å². The second-order valence-electron chi connectivity index (χ2n) is 3.57. The highest BCUT2D eigenvalue weighted by atomic mass is 79.9. The summed E-state index contributed by atoms with van der Waals surface area (Å²) < 4.78 is 63.4. The van der Waals surface area contributed by atoms with Gasteiger partial charge in [0.2, 0.25) is 10.0 Å². The van der Waals surface area contributed by atoms with Crippen LogP contribution in [0.2, 0.25) is 0 Å². The van der Waals surface area contributed by atoms with Gasteiger partial charge in [-0.05, 0) is 24.6 Å². The van der Waals surface area contributed by atoms with Crippen LogP contribution in [-0.4, -0.2) is 15.0 Å². The lowest BCUT2D eigenvalue weighted by molar-refractivity contribution is -0.137. The average Bonchev–Trinajstić information content (AvgIpc) is 2.24. The Morgan fingerprint density at radius 2 is 1.89 bits per heavy atom. The Hall–Kier alpha value is -0.600. The van der Waals surface area contributed by atoms with Crippen molar-refractivity contribution < 1.29 is 21.6 Å². The fourth-order valence-corrected chi connectivity index (χ4v) is 3.05. The van der Waals surface area contributed by atoms with Gasteiger partial charge in [-0.3, -0.25) is 0 Å². The summed E-state index contributed by atoms with van der Waals surface area (Å²) in [5, 5.41) is 0. The highest BCUT2D eigenvalue weighted by molar-refractivity contribution is 9.10. The van der Waals surface area contributed by atoms with Gasteiger partial charge in [0.1, 0.15) is 0 Å². The third kappa shape index (κ3) is 3.96. The van der Waals surface area contributed by atoms with Crippen LogP contribution < -0.4 is 4.72 Å². The van der Waals surface area contributed by atoms with E-state index in [1.807, 2.05) is 0 Å². The predicted octanol–water partition coefficient (Wildman–Crippen LogP) is 3.16. The Bertz CT molecular complexity index is 528. The molecule has 1 aromatic rings. The summed E-state index contributed by atoms with van der Waals surface area (Å²) in [6.07, 6.45) is -4.03. The van der Waals surface area contributed by atoms with E-state index in [1.54, 1.807) is 6.92 Å². The van der Waals surface area contributed by atoms with Crippen LogP contribution in [0.15, 0.2) is 27.6 Å². The zero-order valence-corrected chi connectivity index (χ0v) is 11.8. The molecule has 0 aliphatic carbocycles. The first kappa shape index (κ1) is 15.5. The van der Waals surface area contributed by atoms with Gasteiger partial charge in [0.15, 0.2) is 0 Å². The summed E-state index contributed by atoms with van der Waals surface area (Å²) in [5.74, 6) is 0. The number of hydrogen-bond donors (Lipinski definition) is 1. The number of halogens is 4. The molecule has 0 atom stereocenters. The summed E-state index contributed by atoms with van der Waals surface area (Å²) in [5.41, 5.74) is -1.01. The van der Waals surface area contributed by atoms with E-state index in [4.69, 9.17) is 0 Å². The molecule has 8 heteroatoms. The minimum absolute atomic E-state index is 0.0641. The van der Waals surface area contributed by atoms with E-state index < -0.39 is 26.7 Å². The molecule has 1 aromatic carbocycles. The minimum Gasteiger partial charge on any atom is -0.211 e. The lowest BCUT2D eigenvalue weighted by Gasteiger charge is -2.11. The molecule has 0 bridgehead atoms. The molecule has 0 amide bonds. The molecule has 0 fully saturated rings. The maximum absolute atomic E-state index is 12.6. The van der Waals surface area contributed by atoms with Crippen molar-refractivity contribution in [3.8, 4) is 0 Å². The first-order valence-corrected chi connectivity index (χ1v) is 7.32. The summed E-state index contributed by atoms with van der Waals surface area (Å²) in [4.78, 5) is -0.405. The fourth-order valence-electron chi connectivity index (χ4n) is 1.20. The van der Waals surface area contributed by atoms with Crippen molar-refractivity contribution in [1.82, 2.24) is 4.72 Å². The Morgan fingerprint density at radius 3 is 2.39 bits per heavy atom. The summed E-state index contributed by atoms with van der Waals surface area (Å²) in [6.45, 7) is 1.93. The van der Waals surface area contributed by atoms with Crippen molar-refractivity contribution in [3.63, 3.8) is 0 Å². The first-order chi connectivity index (χ1) is 8.16. The molecule has 1 N–H and O–H groups in total. The van der Waals surface area contributed by atoms with Crippen molar-refractivity contribution >= 4 is 26.0 Å². The molecule has 0 saturated carbocycles. The zero-order valence-electron chi connectivity index (χ0n) is 9.38. The van der Waals surface area contributed by atoms with Crippen LogP contribution in [0.5, 0.6) is 0 Å². The Morgan fingerprint density at radius 1 is 1.28 bits per heavy atom. The topological polar surface area (TPSA) is 46.2 Å². The second kappa shape index (κ2) is 5.58. The summed E-state index contributed by atoms with van der Waals surface area (Å²) in [6, 6.07) is 2.58. The maximum atomic E-state index is 12.6. The maximum Gasteiger partial charge on any atom is 0.416 e. The van der Waals surface area contributed by atoms with Gasteiger partial charge in [-0.15, -0.1) is 0 Å². The molecule has 0 radical (unpaired) electrons. The van der Waals surface area contributed by atoms with Gasteiger partial charge < -0.3 is 0 Å². The van der Waals surface area contributed by atoms with Crippen LogP contribution in [0, 0.1) is 0 Å². The van der Waals surface area contributed by atoms with E-state index in [0.717, 1.165) is 12.1 Å². The molecule has 1 rings (SSSR count). The number of sulfonamides is 1. The molecule has 0 aromatic heterocycles. The summed E-state index contributed by atoms with van der Waals surface area (Å²) in [7, 11) is -3.91. The van der Waals surface area contributed by atoms with Crippen molar-refractivity contribution in [1.29, 1.82) is 0 Å². The van der Waals surface area contributed by atoms with Crippen molar-refractivity contribution in [3.05, 3.63) is 28.2 Å². The number of benzene rings is 1. The lowest BCUT2D eigenvalue weighted by atomic mass is 10.2. The molecule has 0 aliphatic rings. The fraction of sp³-hybridized carbons (Fsp3) is 0.400. The second-order valence-corrected chi connectivity index (χ2v) is 6.25. The quantitative estimate of drug-likeness (QED) is 0.910. The van der Waals surface area contributed by atoms with E-state index in [-0.39, 0.29) is 11.0 Å². The van der Waals surface area contributed by atoms with Gasteiger partial charge in [-0.1, -0.05) is 22.9 Å². The number of nitrogens with one attached hydrogen (secondary N) is 1. The Labute approximate surface area is 112 Å². The Kier molecular flexibility index (Phi) is 4.79. The Balaban J connectivity index is 3.22. The molecule has 0 spiro atoms. The summed E-state index contributed by atoms with van der Waals surface area (Å²) >= 11 is 2.87. The van der Waals surface area contributed by atoms with E-state index in [9.17, 15) is 21.6 Å². The smallest absolute Gasteiger partial charge is 0.211 e. The van der Waals surface area contributed by atoms with E-state index in [2.05, 4.69) is 20.7 Å². The highest BCUT2D eigenvalue weighted by Crippen LogP contribution is 2.33. The van der Waals surface area contributed by atoms with Gasteiger partial charge in [-0.2, -0.15) is 13.2 Å². The first-order valence-electron chi connectivity index (χ1n) is 5.04. The molecule has 18 heavy (non-hydrogen) atoms. The largest absolute Gasteiger partial charge is 0.416 e. The lowest BCUT2D eigenvalue weighted by Crippen LogP contribution is -2.24. The third-order valence-electron chi connectivity index (χ3n) is 2.05. The molecule has 0 heterocycles. The van der Waals surface area contributed by atoms with E-state index in [1.165, 1.54) is 0 Å². The monoisotopic (exact) mass is 345 g/mol. The molecular formula is C10H11BrF3NO2S. The number of rotatable bonds is 4. The van der Waals surface area contributed by atoms with Crippen molar-refractivity contribution in [2.24, 2.45) is 0 Å². The normalized spacial score (nSPS) is 12.7. The molecule has 3 nitrogen and oxygen atoms in total. The molecule has 0 unspecified atom stereocenters. The molecular weight excluding hydrogens is 335 g/mol. The van der Waals surface area contributed by atoms with Crippen LogP contribution in [0.3, 0.4) is 0 Å². The van der Waals surface area contributed by atoms with Crippen LogP contribution >= 0.6 is 15.9 Å². The van der Waals surface area contributed by atoms with Crippen LogP contribution in [-0.2, 0) is 16.2 Å². The van der Waals surface area contributed by atoms with Gasteiger partial charge in [-0.25, -0.2) is 13.1 Å². The van der Waals surface area contributed by atoms with Gasteiger partial charge in [0.05, 0.1) is 10.5 Å². The van der Waals surface area contributed by atoms with Crippen LogP contribution in [0.25, 0.3) is 0 Å². The third-order valence-corrected chi connectivity index (χ3v) is 3.95. The minimum atomic E-state index is -4.58. The molecule has 0 saturated heterocycles. The average molecular weight is 346 g/mol. The number of alkyl halides is 3. The van der Waals surface area contributed by atoms with E-state index >= 15 is 0 Å².